The van der Waals surface area contributed by atoms with Gasteiger partial charge in [0.2, 0.25) is 12.3 Å². The highest BCUT2D eigenvalue weighted by Gasteiger charge is 2.26. The molecule has 36 heavy (non-hydrogen) atoms. The minimum Gasteiger partial charge on any atom is -0.353 e. The zero-order chi connectivity index (χ0) is 25.1. The zero-order valence-electron chi connectivity index (χ0n) is 18.7. The van der Waals surface area contributed by atoms with Crippen molar-refractivity contribution < 1.29 is 18.0 Å². The predicted molar refractivity (Wildman–Crippen MR) is 129 cm³/mol. The van der Waals surface area contributed by atoms with Crippen molar-refractivity contribution in [3.63, 3.8) is 0 Å². The summed E-state index contributed by atoms with van der Waals surface area (Å²) in [6.07, 6.45) is 1.32. The first-order chi connectivity index (χ1) is 17.5. The first-order valence-corrected chi connectivity index (χ1v) is 11.1. The number of nitrogens with one attached hydrogen (secondary N) is 2. The Bertz CT molecular complexity index is 1510. The number of pyridine rings is 2. The lowest BCUT2D eigenvalue weighted by Gasteiger charge is -2.17. The first kappa shape index (κ1) is 23.2. The summed E-state index contributed by atoms with van der Waals surface area (Å²) < 4.78 is 39.8. The largest absolute Gasteiger partial charge is 0.353 e. The van der Waals surface area contributed by atoms with Crippen LogP contribution in [0.4, 0.5) is 19.0 Å². The maximum absolute atomic E-state index is 13.3. The van der Waals surface area contributed by atoms with Crippen LogP contribution in [-0.2, 0) is 4.79 Å². The van der Waals surface area contributed by atoms with Crippen molar-refractivity contribution in [1.29, 1.82) is 0 Å². The van der Waals surface area contributed by atoms with E-state index in [2.05, 4.69) is 30.5 Å². The van der Waals surface area contributed by atoms with Gasteiger partial charge in [0, 0.05) is 24.4 Å². The highest BCUT2D eigenvalue weighted by molar-refractivity contribution is 6.01. The van der Waals surface area contributed by atoms with Gasteiger partial charge < -0.3 is 10.3 Å². The summed E-state index contributed by atoms with van der Waals surface area (Å²) in [5, 5.41) is 10.9. The average molecular weight is 488 g/mol. The number of H-pyrrole nitrogens is 1. The number of aromatic nitrogens is 5. The number of amides is 1. The molecule has 0 aliphatic carbocycles. The number of halogens is 3. The lowest BCUT2D eigenvalue weighted by atomic mass is 9.95. The van der Waals surface area contributed by atoms with Crippen molar-refractivity contribution in [1.82, 2.24) is 25.1 Å². The van der Waals surface area contributed by atoms with Crippen molar-refractivity contribution in [3.8, 4) is 22.5 Å². The Labute approximate surface area is 203 Å². The van der Waals surface area contributed by atoms with Gasteiger partial charge in [0.15, 0.2) is 0 Å². The van der Waals surface area contributed by atoms with Gasteiger partial charge in [-0.1, -0.05) is 18.2 Å². The van der Waals surface area contributed by atoms with Crippen LogP contribution in [-0.4, -0.2) is 37.5 Å². The van der Waals surface area contributed by atoms with Gasteiger partial charge in [0.25, 0.3) is 0 Å². The van der Waals surface area contributed by atoms with Crippen molar-refractivity contribution in [3.05, 3.63) is 90.6 Å². The number of carbonyl (C=O) groups excluding carboxylic acids is 1. The van der Waals surface area contributed by atoms with E-state index in [9.17, 15) is 18.0 Å². The minimum atomic E-state index is -2.72. The second-order valence-electron chi connectivity index (χ2n) is 8.03. The molecule has 7 nitrogen and oxygen atoms in total. The summed E-state index contributed by atoms with van der Waals surface area (Å²) in [6.45, 7) is 0. The van der Waals surface area contributed by atoms with Crippen LogP contribution in [0.25, 0.3) is 33.5 Å². The Balaban J connectivity index is 1.50. The normalized spacial score (nSPS) is 12.1. The van der Waals surface area contributed by atoms with E-state index in [1.165, 1.54) is 18.3 Å². The van der Waals surface area contributed by atoms with Gasteiger partial charge in [0.1, 0.15) is 17.2 Å². The maximum Gasteiger partial charge on any atom is 0.239 e. The van der Waals surface area contributed by atoms with E-state index in [4.69, 9.17) is 0 Å². The van der Waals surface area contributed by atoms with Gasteiger partial charge in [0.05, 0.1) is 34.6 Å². The molecule has 0 aliphatic rings. The summed E-state index contributed by atoms with van der Waals surface area (Å²) in [5.41, 5.74) is 4.42. The topological polar surface area (TPSA) is 96.5 Å². The lowest BCUT2D eigenvalue weighted by molar-refractivity contribution is -0.118. The van der Waals surface area contributed by atoms with Crippen molar-refractivity contribution in [2.45, 2.75) is 18.8 Å². The Morgan fingerprint density at radius 3 is 2.56 bits per heavy atom. The smallest absolute Gasteiger partial charge is 0.239 e. The van der Waals surface area contributed by atoms with Crippen LogP contribution in [0.5, 0.6) is 0 Å². The molecule has 2 N–H and O–H groups in total. The Hall–Kier alpha value is -4.60. The van der Waals surface area contributed by atoms with Crippen molar-refractivity contribution in [2.24, 2.45) is 0 Å². The SMILES string of the molecule is O=C(Nc1cc(-c2[nH]c3ccnnc3c2-c2ccccn2)ccn1)[C@@H](CC(F)F)c1ccc(F)cc1. The van der Waals surface area contributed by atoms with Gasteiger partial charge in [-0.15, -0.1) is 5.10 Å². The number of benzene rings is 1. The fourth-order valence-corrected chi connectivity index (χ4v) is 4.04. The Morgan fingerprint density at radius 2 is 1.81 bits per heavy atom. The number of alkyl halides is 2. The van der Waals surface area contributed by atoms with E-state index in [1.807, 2.05) is 12.1 Å². The number of nitrogens with zero attached hydrogens (tertiary/aromatic N) is 4. The summed E-state index contributed by atoms with van der Waals surface area (Å²) in [5.74, 6) is -2.19. The number of fused-ring (bicyclic) bond motifs is 1. The molecule has 0 bridgehead atoms. The molecule has 1 aromatic carbocycles. The Kier molecular flexibility index (Phi) is 6.40. The van der Waals surface area contributed by atoms with E-state index in [-0.39, 0.29) is 11.4 Å². The number of hydrogen-bond donors (Lipinski definition) is 2. The third-order valence-electron chi connectivity index (χ3n) is 5.69. The summed E-state index contributed by atoms with van der Waals surface area (Å²) in [4.78, 5) is 25.0. The average Bonchev–Trinajstić information content (AvgIpc) is 3.28. The Morgan fingerprint density at radius 1 is 0.972 bits per heavy atom. The van der Waals surface area contributed by atoms with Crippen LogP contribution in [0.2, 0.25) is 0 Å². The number of hydrogen-bond acceptors (Lipinski definition) is 5. The van der Waals surface area contributed by atoms with Crippen LogP contribution in [0.1, 0.15) is 17.9 Å². The lowest BCUT2D eigenvalue weighted by Crippen LogP contribution is -2.23. The van der Waals surface area contributed by atoms with Crippen LogP contribution in [0.15, 0.2) is 79.3 Å². The summed E-state index contributed by atoms with van der Waals surface area (Å²) >= 11 is 0. The van der Waals surface area contributed by atoms with E-state index >= 15 is 0 Å². The molecule has 4 aromatic heterocycles. The molecule has 0 fully saturated rings. The molecule has 5 aromatic rings. The fraction of sp³-hybridized carbons (Fsp3) is 0.115. The van der Waals surface area contributed by atoms with Crippen LogP contribution in [0.3, 0.4) is 0 Å². The van der Waals surface area contributed by atoms with Crippen LogP contribution >= 0.6 is 0 Å². The summed E-state index contributed by atoms with van der Waals surface area (Å²) in [6, 6.07) is 15.6. The van der Waals surface area contributed by atoms with Crippen molar-refractivity contribution in [2.75, 3.05) is 5.32 Å². The number of aromatic amines is 1. The maximum atomic E-state index is 13.3. The van der Waals surface area contributed by atoms with Crippen molar-refractivity contribution >= 4 is 22.8 Å². The quantitative estimate of drug-likeness (QED) is 0.311. The minimum absolute atomic E-state index is 0.176. The van der Waals surface area contributed by atoms with E-state index in [0.717, 1.165) is 23.2 Å². The molecule has 0 spiro atoms. The molecule has 0 aliphatic heterocycles. The van der Waals surface area contributed by atoms with Crippen LogP contribution in [0, 0.1) is 5.82 Å². The second kappa shape index (κ2) is 9.95. The molecule has 10 heteroatoms. The molecule has 0 unspecified atom stereocenters. The highest BCUT2D eigenvalue weighted by atomic mass is 19.3. The van der Waals surface area contributed by atoms with Gasteiger partial charge in [-0.05, 0) is 48.0 Å². The number of carbonyl (C=O) groups is 1. The predicted octanol–water partition coefficient (Wildman–Crippen LogP) is 5.60. The van der Waals surface area contributed by atoms with E-state index in [0.29, 0.717) is 22.5 Å². The third kappa shape index (κ3) is 4.78. The molecule has 5 rings (SSSR count). The fourth-order valence-electron chi connectivity index (χ4n) is 4.04. The second-order valence-corrected chi connectivity index (χ2v) is 8.03. The monoisotopic (exact) mass is 488 g/mol. The molecule has 1 amide bonds. The first-order valence-electron chi connectivity index (χ1n) is 11.1. The van der Waals surface area contributed by atoms with Gasteiger partial charge in [-0.25, -0.2) is 18.2 Å². The molecular formula is C26H19F3N6O. The molecule has 0 radical (unpaired) electrons. The molecular weight excluding hydrogens is 469 g/mol. The summed E-state index contributed by atoms with van der Waals surface area (Å²) in [7, 11) is 0. The molecule has 1 atom stereocenters. The molecule has 0 saturated carbocycles. The molecule has 180 valence electrons. The van der Waals surface area contributed by atoms with Crippen LogP contribution < -0.4 is 5.32 Å². The number of anilines is 1. The van der Waals surface area contributed by atoms with Gasteiger partial charge >= 0.3 is 0 Å². The van der Waals surface area contributed by atoms with Gasteiger partial charge in [-0.2, -0.15) is 5.10 Å². The van der Waals surface area contributed by atoms with E-state index in [1.54, 1.807) is 36.7 Å². The number of rotatable bonds is 7. The zero-order valence-corrected chi connectivity index (χ0v) is 18.7. The van der Waals surface area contributed by atoms with Gasteiger partial charge in [-0.3, -0.25) is 9.78 Å². The highest BCUT2D eigenvalue weighted by Crippen LogP contribution is 2.36. The van der Waals surface area contributed by atoms with E-state index < -0.39 is 30.5 Å². The molecule has 0 saturated heterocycles. The third-order valence-corrected chi connectivity index (χ3v) is 5.69. The standard InChI is InChI=1S/C26H19F3N6O/c27-17-6-4-15(5-7-17)18(14-21(28)29)26(36)34-22-13-16(8-11-31-22)24-23(19-3-1-2-10-30-19)25-20(33-24)9-12-32-35-25/h1-13,18,21,33H,14H2,(H,31,34,36)/t18-/m0/s1. The molecule has 4 heterocycles.